The van der Waals surface area contributed by atoms with E-state index in [2.05, 4.69) is 25.7 Å². The zero-order valence-corrected chi connectivity index (χ0v) is 21.3. The molecule has 0 aliphatic heterocycles. The number of aromatic nitrogens is 5. The Labute approximate surface area is 215 Å². The summed E-state index contributed by atoms with van der Waals surface area (Å²) < 4.78 is 13.2. The molecule has 0 radical (unpaired) electrons. The average Bonchev–Trinajstić information content (AvgIpc) is 3.50. The molecule has 36 heavy (non-hydrogen) atoms. The summed E-state index contributed by atoms with van der Waals surface area (Å²) >= 11 is 0. The summed E-state index contributed by atoms with van der Waals surface area (Å²) in [4.78, 5) is 34.1. The largest absolute Gasteiger partial charge is 1.00 e. The Morgan fingerprint density at radius 3 is 2.36 bits per heavy atom. The van der Waals surface area contributed by atoms with Crippen molar-refractivity contribution < 1.29 is 26.4 Å². The summed E-state index contributed by atoms with van der Waals surface area (Å²) in [6, 6.07) is 8.50. The summed E-state index contributed by atoms with van der Waals surface area (Å²) in [5.41, 5.74) is 0.582. The van der Waals surface area contributed by atoms with Gasteiger partial charge in [0.1, 0.15) is 18.4 Å². The summed E-state index contributed by atoms with van der Waals surface area (Å²) in [5.74, 6) is -0.631. The van der Waals surface area contributed by atoms with Crippen molar-refractivity contribution in [3.05, 3.63) is 60.2 Å². The molecule has 192 valence electrons. The first kappa shape index (κ1) is 27.2. The molecule has 11 heteroatoms. The Bertz CT molecular complexity index is 1160. The van der Waals surface area contributed by atoms with E-state index in [4.69, 9.17) is 0 Å². The van der Waals surface area contributed by atoms with Crippen LogP contribution in [0, 0.1) is 5.82 Å². The molecule has 2 heterocycles. The van der Waals surface area contributed by atoms with Gasteiger partial charge in [-0.1, -0.05) is 12.8 Å². The van der Waals surface area contributed by atoms with E-state index in [1.165, 1.54) is 16.9 Å². The van der Waals surface area contributed by atoms with Crippen molar-refractivity contribution in [2.75, 3.05) is 0 Å². The summed E-state index contributed by atoms with van der Waals surface area (Å²) in [6.45, 7) is 5.46. The first-order valence-corrected chi connectivity index (χ1v) is 11.8. The second kappa shape index (κ2) is 11.6. The van der Waals surface area contributed by atoms with Gasteiger partial charge < -0.3 is 22.6 Å². The van der Waals surface area contributed by atoms with Crippen molar-refractivity contribution in [3.8, 4) is 11.4 Å². The van der Waals surface area contributed by atoms with Crippen LogP contribution in [0.15, 0.2) is 48.8 Å². The summed E-state index contributed by atoms with van der Waals surface area (Å²) in [7, 11) is 0. The standard InChI is InChI=1S/C25H30FN7O2.ClH/c1-25(2,3)33(21(34)16-32-30-23(29-31-32)18-8-10-19(26)11-9-18)22(17-12-14-27-15-13-17)24(35)28-20-6-4-5-7-20;/h8-15,20,22H,4-7,16H2,1-3H3,(H,28,35);1H/p-1. The lowest BCUT2D eigenvalue weighted by molar-refractivity contribution is -0.147. The maximum atomic E-state index is 13.7. The number of halogens is 2. The molecule has 1 aliphatic rings. The number of rotatable bonds is 7. The van der Waals surface area contributed by atoms with Gasteiger partial charge in [0.05, 0.1) is 0 Å². The predicted molar refractivity (Wildman–Crippen MR) is 127 cm³/mol. The molecule has 0 spiro atoms. The van der Waals surface area contributed by atoms with Crippen LogP contribution in [0.1, 0.15) is 58.1 Å². The van der Waals surface area contributed by atoms with Gasteiger partial charge in [0.25, 0.3) is 0 Å². The molecular formula is C25H30ClFN7O2-. The lowest BCUT2D eigenvalue weighted by Crippen LogP contribution is -3.00. The molecule has 1 atom stereocenters. The zero-order valence-electron chi connectivity index (χ0n) is 20.6. The normalized spacial score (nSPS) is 14.7. The number of hydrogen-bond donors (Lipinski definition) is 1. The minimum absolute atomic E-state index is 0. The Morgan fingerprint density at radius 1 is 1.11 bits per heavy atom. The number of tetrazole rings is 1. The Morgan fingerprint density at radius 2 is 1.75 bits per heavy atom. The summed E-state index contributed by atoms with van der Waals surface area (Å²) in [5, 5.41) is 15.4. The number of amides is 2. The molecule has 0 saturated heterocycles. The quantitative estimate of drug-likeness (QED) is 0.486. The van der Waals surface area contributed by atoms with Crippen LogP contribution in [-0.2, 0) is 16.1 Å². The monoisotopic (exact) mass is 514 g/mol. The van der Waals surface area contributed by atoms with Crippen molar-refractivity contribution in [2.24, 2.45) is 0 Å². The first-order valence-electron chi connectivity index (χ1n) is 11.8. The topological polar surface area (TPSA) is 106 Å². The minimum atomic E-state index is -0.841. The van der Waals surface area contributed by atoms with Crippen LogP contribution in [-0.4, -0.2) is 53.5 Å². The molecule has 2 aromatic heterocycles. The number of nitrogens with one attached hydrogen (secondary N) is 1. The molecule has 4 rings (SSSR count). The number of carbonyl (C=O) groups excluding carboxylic acids is 2. The molecule has 1 saturated carbocycles. The van der Waals surface area contributed by atoms with E-state index in [-0.39, 0.29) is 48.4 Å². The third kappa shape index (κ3) is 6.42. The zero-order chi connectivity index (χ0) is 25.0. The maximum absolute atomic E-state index is 13.7. The second-order valence-electron chi connectivity index (χ2n) is 9.76. The molecule has 1 N–H and O–H groups in total. The van der Waals surface area contributed by atoms with Crippen LogP contribution in [0.2, 0.25) is 0 Å². The van der Waals surface area contributed by atoms with Crippen molar-refractivity contribution in [3.63, 3.8) is 0 Å². The summed E-state index contributed by atoms with van der Waals surface area (Å²) in [6.07, 6.45) is 7.28. The average molecular weight is 515 g/mol. The molecule has 1 aromatic carbocycles. The van der Waals surface area contributed by atoms with Crippen LogP contribution in [0.5, 0.6) is 0 Å². The highest BCUT2D eigenvalue weighted by molar-refractivity contribution is 5.89. The Balaban J connectivity index is 0.00000361. The molecule has 1 fully saturated rings. The SMILES string of the molecule is CC(C)(C)N(C(=O)Cn1nnc(-c2ccc(F)cc2)n1)C(C(=O)NC1CCCC1)c1ccncc1.[Cl-]. The highest BCUT2D eigenvalue weighted by Crippen LogP contribution is 2.30. The molecular weight excluding hydrogens is 485 g/mol. The van der Waals surface area contributed by atoms with Gasteiger partial charge in [-0.05, 0) is 80.8 Å². The van der Waals surface area contributed by atoms with Gasteiger partial charge in [-0.15, -0.1) is 10.2 Å². The van der Waals surface area contributed by atoms with Crippen molar-refractivity contribution in [1.29, 1.82) is 0 Å². The van der Waals surface area contributed by atoms with Crippen LogP contribution >= 0.6 is 0 Å². The van der Waals surface area contributed by atoms with Gasteiger partial charge in [0.2, 0.25) is 17.6 Å². The molecule has 0 bridgehead atoms. The van der Waals surface area contributed by atoms with Crippen molar-refractivity contribution in [1.82, 2.24) is 35.4 Å². The van der Waals surface area contributed by atoms with Crippen molar-refractivity contribution in [2.45, 2.75) is 70.6 Å². The molecule has 2 amide bonds. The number of nitrogens with zero attached hydrogens (tertiary/aromatic N) is 6. The van der Waals surface area contributed by atoms with Crippen molar-refractivity contribution >= 4 is 11.8 Å². The lowest BCUT2D eigenvalue weighted by Gasteiger charge is -2.41. The highest BCUT2D eigenvalue weighted by atomic mass is 35.5. The maximum Gasteiger partial charge on any atom is 0.247 e. The Hall–Kier alpha value is -3.40. The number of benzene rings is 1. The highest BCUT2D eigenvalue weighted by Gasteiger charge is 2.39. The number of carbonyl (C=O) groups is 2. The van der Waals surface area contributed by atoms with E-state index in [0.29, 0.717) is 11.1 Å². The van der Waals surface area contributed by atoms with E-state index in [9.17, 15) is 14.0 Å². The van der Waals surface area contributed by atoms with E-state index in [1.807, 2.05) is 20.8 Å². The number of pyridine rings is 1. The van der Waals surface area contributed by atoms with Gasteiger partial charge in [0.15, 0.2) is 0 Å². The van der Waals surface area contributed by atoms with Gasteiger partial charge >= 0.3 is 0 Å². The van der Waals surface area contributed by atoms with E-state index >= 15 is 0 Å². The molecule has 1 unspecified atom stereocenters. The fourth-order valence-electron chi connectivity index (χ4n) is 4.44. The van der Waals surface area contributed by atoms with Crippen LogP contribution in [0.25, 0.3) is 11.4 Å². The van der Waals surface area contributed by atoms with Crippen LogP contribution in [0.4, 0.5) is 4.39 Å². The first-order chi connectivity index (χ1) is 16.7. The molecule has 9 nitrogen and oxygen atoms in total. The van der Waals surface area contributed by atoms with Gasteiger partial charge in [-0.2, -0.15) is 4.80 Å². The fraction of sp³-hybridized carbons (Fsp3) is 0.440. The predicted octanol–water partition coefficient (Wildman–Crippen LogP) is 0.305. The molecule has 1 aliphatic carbocycles. The number of hydrogen-bond acceptors (Lipinski definition) is 6. The lowest BCUT2D eigenvalue weighted by atomic mass is 9.97. The van der Waals surface area contributed by atoms with Gasteiger partial charge in [-0.25, -0.2) is 4.39 Å². The van der Waals surface area contributed by atoms with Crippen LogP contribution < -0.4 is 17.7 Å². The third-order valence-electron chi connectivity index (χ3n) is 6.05. The second-order valence-corrected chi connectivity index (χ2v) is 9.76. The van der Waals surface area contributed by atoms with E-state index in [0.717, 1.165) is 25.7 Å². The fourth-order valence-corrected chi connectivity index (χ4v) is 4.44. The Kier molecular flexibility index (Phi) is 8.73. The van der Waals surface area contributed by atoms with Gasteiger partial charge in [0, 0.05) is 29.5 Å². The van der Waals surface area contributed by atoms with Crippen LogP contribution in [0.3, 0.4) is 0 Å². The van der Waals surface area contributed by atoms with E-state index in [1.54, 1.807) is 41.6 Å². The van der Waals surface area contributed by atoms with E-state index < -0.39 is 11.6 Å². The minimum Gasteiger partial charge on any atom is -1.00 e. The smallest absolute Gasteiger partial charge is 0.247 e. The van der Waals surface area contributed by atoms with Gasteiger partial charge in [-0.3, -0.25) is 14.6 Å². The third-order valence-corrected chi connectivity index (χ3v) is 6.05. The molecule has 3 aromatic rings.